The van der Waals surface area contributed by atoms with Gasteiger partial charge in [0.25, 0.3) is 0 Å². The Balaban J connectivity index is 2.56. The Hall–Kier alpha value is -0.540. The van der Waals surface area contributed by atoms with Gasteiger partial charge in [0, 0.05) is 11.4 Å². The molecule has 2 N–H and O–H groups in total. The molecule has 1 atom stereocenters. The molecule has 0 saturated heterocycles. The summed E-state index contributed by atoms with van der Waals surface area (Å²) in [5, 5.41) is 1.72. The van der Waals surface area contributed by atoms with Crippen LogP contribution in [0.3, 0.4) is 0 Å². The predicted octanol–water partition coefficient (Wildman–Crippen LogP) is 2.72. The van der Waals surface area contributed by atoms with Crippen LogP contribution in [-0.2, 0) is 6.42 Å². The van der Waals surface area contributed by atoms with Crippen LogP contribution in [0.25, 0.3) is 0 Å². The van der Waals surface area contributed by atoms with Crippen LogP contribution in [0, 0.1) is 5.92 Å². The van der Waals surface area contributed by atoms with Crippen LogP contribution in [0.5, 0.6) is 0 Å². The van der Waals surface area contributed by atoms with E-state index in [1.807, 2.05) is 18.0 Å². The number of rotatable bonds is 5. The van der Waals surface area contributed by atoms with Crippen LogP contribution in [-0.4, -0.2) is 16.8 Å². The molecule has 1 aromatic heterocycles. The summed E-state index contributed by atoms with van der Waals surface area (Å²) in [6, 6.07) is 4.21. The van der Waals surface area contributed by atoms with Gasteiger partial charge in [-0.15, -0.1) is 11.8 Å². The van der Waals surface area contributed by atoms with Crippen molar-refractivity contribution in [2.24, 2.45) is 11.7 Å². The number of pyridine rings is 1. The van der Waals surface area contributed by atoms with Gasteiger partial charge in [-0.2, -0.15) is 0 Å². The maximum absolute atomic E-state index is 5.49. The highest BCUT2D eigenvalue weighted by molar-refractivity contribution is 7.99. The van der Waals surface area contributed by atoms with E-state index in [-0.39, 0.29) is 0 Å². The third-order valence-corrected chi connectivity index (χ3v) is 3.88. The molecule has 1 rings (SSSR count). The van der Waals surface area contributed by atoms with Crippen molar-refractivity contribution >= 4 is 11.8 Å². The van der Waals surface area contributed by atoms with E-state index < -0.39 is 0 Å². The van der Waals surface area contributed by atoms with Gasteiger partial charge in [-0.25, -0.2) is 4.98 Å². The fraction of sp³-hybridized carbons (Fsp3) is 0.583. The normalized spacial score (nSPS) is 13.1. The van der Waals surface area contributed by atoms with E-state index in [0.29, 0.717) is 17.7 Å². The third kappa shape index (κ3) is 4.22. The van der Waals surface area contributed by atoms with Crippen molar-refractivity contribution in [1.82, 2.24) is 4.98 Å². The van der Waals surface area contributed by atoms with Crippen molar-refractivity contribution in [3.05, 3.63) is 23.9 Å². The molecule has 84 valence electrons. The Morgan fingerprint density at radius 3 is 2.53 bits per heavy atom. The van der Waals surface area contributed by atoms with E-state index in [1.165, 1.54) is 5.56 Å². The second-order valence-corrected chi connectivity index (χ2v) is 5.51. The first kappa shape index (κ1) is 12.5. The Morgan fingerprint density at radius 2 is 2.07 bits per heavy atom. The molecule has 0 aromatic carbocycles. The van der Waals surface area contributed by atoms with E-state index in [9.17, 15) is 0 Å². The van der Waals surface area contributed by atoms with Gasteiger partial charge in [0.1, 0.15) is 0 Å². The Kier molecular flexibility index (Phi) is 5.12. The van der Waals surface area contributed by atoms with Crippen molar-refractivity contribution in [3.8, 4) is 0 Å². The van der Waals surface area contributed by atoms with Gasteiger partial charge in [0.05, 0.1) is 5.03 Å². The molecule has 0 spiro atoms. The maximum atomic E-state index is 5.49. The molecular formula is C12H20N2S. The van der Waals surface area contributed by atoms with E-state index in [4.69, 9.17) is 5.73 Å². The summed E-state index contributed by atoms with van der Waals surface area (Å²) in [7, 11) is 0. The summed E-state index contributed by atoms with van der Waals surface area (Å²) in [6.07, 6.45) is 2.85. The fourth-order valence-electron chi connectivity index (χ4n) is 1.12. The Morgan fingerprint density at radius 1 is 1.33 bits per heavy atom. The summed E-state index contributed by atoms with van der Waals surface area (Å²) < 4.78 is 0. The molecule has 0 fully saturated rings. The molecule has 1 unspecified atom stereocenters. The van der Waals surface area contributed by atoms with Crippen molar-refractivity contribution in [2.45, 2.75) is 37.5 Å². The standard InChI is InChI=1S/C12H20N2S/c1-9(2)10(3)15-12-5-4-11(6-7-13)8-14-12/h4-5,8-10H,6-7,13H2,1-3H3. The minimum atomic E-state index is 0.609. The summed E-state index contributed by atoms with van der Waals surface area (Å²) in [5.41, 5.74) is 6.71. The molecule has 0 aliphatic heterocycles. The van der Waals surface area contributed by atoms with E-state index in [2.05, 4.69) is 37.9 Å². The largest absolute Gasteiger partial charge is 0.330 e. The summed E-state index contributed by atoms with van der Waals surface area (Å²) in [4.78, 5) is 4.43. The van der Waals surface area contributed by atoms with Crippen LogP contribution in [0.2, 0.25) is 0 Å². The summed E-state index contributed by atoms with van der Waals surface area (Å²) in [5.74, 6) is 0.681. The average molecular weight is 224 g/mol. The smallest absolute Gasteiger partial charge is 0.0962 e. The second kappa shape index (κ2) is 6.13. The van der Waals surface area contributed by atoms with Gasteiger partial charge in [-0.05, 0) is 30.5 Å². The molecule has 0 aliphatic carbocycles. The van der Waals surface area contributed by atoms with Gasteiger partial charge < -0.3 is 5.73 Å². The number of thioether (sulfide) groups is 1. The molecule has 1 heterocycles. The van der Waals surface area contributed by atoms with Crippen LogP contribution in [0.1, 0.15) is 26.3 Å². The zero-order valence-corrected chi connectivity index (χ0v) is 10.6. The fourth-order valence-corrected chi connectivity index (χ4v) is 2.03. The van der Waals surface area contributed by atoms with Crippen LogP contribution >= 0.6 is 11.8 Å². The first-order valence-corrected chi connectivity index (χ1v) is 6.33. The molecular weight excluding hydrogens is 204 g/mol. The zero-order valence-electron chi connectivity index (χ0n) is 9.73. The topological polar surface area (TPSA) is 38.9 Å². The van der Waals surface area contributed by atoms with E-state index in [0.717, 1.165) is 11.4 Å². The van der Waals surface area contributed by atoms with Gasteiger partial charge >= 0.3 is 0 Å². The number of nitrogens with two attached hydrogens (primary N) is 1. The van der Waals surface area contributed by atoms with E-state index >= 15 is 0 Å². The highest BCUT2D eigenvalue weighted by Gasteiger charge is 2.09. The molecule has 15 heavy (non-hydrogen) atoms. The van der Waals surface area contributed by atoms with Gasteiger partial charge in [-0.3, -0.25) is 0 Å². The summed E-state index contributed by atoms with van der Waals surface area (Å²) >= 11 is 1.84. The summed E-state index contributed by atoms with van der Waals surface area (Å²) in [6.45, 7) is 7.41. The second-order valence-electron chi connectivity index (χ2n) is 4.11. The molecule has 1 aromatic rings. The SMILES string of the molecule is CC(C)C(C)Sc1ccc(CCN)cn1. The van der Waals surface area contributed by atoms with E-state index in [1.54, 1.807) is 0 Å². The first-order valence-electron chi connectivity index (χ1n) is 5.45. The van der Waals surface area contributed by atoms with Gasteiger partial charge in [-0.1, -0.05) is 26.8 Å². The number of nitrogens with zero attached hydrogens (tertiary/aromatic N) is 1. The third-order valence-electron chi connectivity index (χ3n) is 2.48. The Bertz CT molecular complexity index is 282. The number of aromatic nitrogens is 1. The maximum Gasteiger partial charge on any atom is 0.0962 e. The minimum absolute atomic E-state index is 0.609. The molecule has 0 aliphatic rings. The lowest BCUT2D eigenvalue weighted by Crippen LogP contribution is -2.06. The lowest BCUT2D eigenvalue weighted by atomic mass is 10.2. The predicted molar refractivity (Wildman–Crippen MR) is 67.2 cm³/mol. The average Bonchev–Trinajstić information content (AvgIpc) is 2.21. The Labute approximate surface area is 96.7 Å². The molecule has 0 amide bonds. The van der Waals surface area contributed by atoms with Crippen molar-refractivity contribution < 1.29 is 0 Å². The highest BCUT2D eigenvalue weighted by Crippen LogP contribution is 2.25. The van der Waals surface area contributed by atoms with Gasteiger partial charge in [0.15, 0.2) is 0 Å². The van der Waals surface area contributed by atoms with Crippen molar-refractivity contribution in [3.63, 3.8) is 0 Å². The zero-order chi connectivity index (χ0) is 11.3. The molecule has 0 saturated carbocycles. The molecule has 3 heteroatoms. The van der Waals surface area contributed by atoms with Crippen LogP contribution in [0.15, 0.2) is 23.4 Å². The number of hydrogen-bond acceptors (Lipinski definition) is 3. The van der Waals surface area contributed by atoms with Crippen LogP contribution in [0.4, 0.5) is 0 Å². The van der Waals surface area contributed by atoms with Crippen molar-refractivity contribution in [2.75, 3.05) is 6.54 Å². The quantitative estimate of drug-likeness (QED) is 0.782. The first-order chi connectivity index (χ1) is 7.13. The number of hydrogen-bond donors (Lipinski definition) is 1. The highest BCUT2D eigenvalue weighted by atomic mass is 32.2. The monoisotopic (exact) mass is 224 g/mol. The lowest BCUT2D eigenvalue weighted by Gasteiger charge is -2.14. The van der Waals surface area contributed by atoms with Crippen LogP contribution < -0.4 is 5.73 Å². The van der Waals surface area contributed by atoms with Gasteiger partial charge in [0.2, 0.25) is 0 Å². The lowest BCUT2D eigenvalue weighted by molar-refractivity contribution is 0.641. The minimum Gasteiger partial charge on any atom is -0.330 e. The molecule has 2 nitrogen and oxygen atoms in total. The molecule has 0 bridgehead atoms. The molecule has 0 radical (unpaired) electrons. The van der Waals surface area contributed by atoms with Crippen molar-refractivity contribution in [1.29, 1.82) is 0 Å².